The van der Waals surface area contributed by atoms with Crippen LogP contribution in [0.5, 0.6) is 5.75 Å². The molecule has 2 rings (SSSR count). The number of alkyl halides is 1. The van der Waals surface area contributed by atoms with Gasteiger partial charge in [-0.1, -0.05) is 109 Å². The molecule has 2 atom stereocenters. The Morgan fingerprint density at radius 2 is 1.37 bits per heavy atom. The lowest BCUT2D eigenvalue weighted by molar-refractivity contribution is 0.215. The predicted octanol–water partition coefficient (Wildman–Crippen LogP) is 9.54. The smallest absolute Gasteiger partial charge is 0.159 e. The molecule has 0 amide bonds. The molecular weight excluding hydrogens is 435 g/mol. The molecule has 0 aliphatic heterocycles. The first-order valence-corrected chi connectivity index (χ1v) is 14.3. The molecule has 4 heteroatoms. The van der Waals surface area contributed by atoms with Crippen molar-refractivity contribution in [2.24, 2.45) is 5.92 Å². The number of halogens is 1. The Balaban J connectivity index is 1.63. The van der Waals surface area contributed by atoms with E-state index in [0.29, 0.717) is 36.9 Å². The maximum atomic E-state index is 14.1. The van der Waals surface area contributed by atoms with E-state index >= 15 is 0 Å². The van der Waals surface area contributed by atoms with Crippen molar-refractivity contribution in [2.45, 2.75) is 123 Å². The van der Waals surface area contributed by atoms with Crippen LogP contribution in [0.4, 0.5) is 4.39 Å². The number of hydrogen-bond donors (Lipinski definition) is 0. The molecule has 1 aromatic heterocycles. The van der Waals surface area contributed by atoms with Gasteiger partial charge in [0.2, 0.25) is 0 Å². The van der Waals surface area contributed by atoms with Crippen LogP contribution < -0.4 is 4.74 Å². The summed E-state index contributed by atoms with van der Waals surface area (Å²) >= 11 is 0. The molecule has 0 saturated heterocycles. The van der Waals surface area contributed by atoms with Gasteiger partial charge in [0.1, 0.15) is 6.17 Å². The molecule has 1 heterocycles. The summed E-state index contributed by atoms with van der Waals surface area (Å²) < 4.78 is 19.8. The van der Waals surface area contributed by atoms with Gasteiger partial charge in [-0.25, -0.2) is 14.4 Å². The first-order chi connectivity index (χ1) is 17.1. The third-order valence-corrected chi connectivity index (χ3v) is 6.86. The lowest BCUT2D eigenvalue weighted by Gasteiger charge is -2.13. The van der Waals surface area contributed by atoms with Crippen LogP contribution in [-0.4, -0.2) is 22.7 Å². The van der Waals surface area contributed by atoms with Crippen LogP contribution in [0.2, 0.25) is 0 Å². The highest BCUT2D eigenvalue weighted by atomic mass is 19.1. The summed E-state index contributed by atoms with van der Waals surface area (Å²) in [6, 6.07) is 8.59. The van der Waals surface area contributed by atoms with Crippen LogP contribution in [-0.2, 0) is 6.42 Å². The summed E-state index contributed by atoms with van der Waals surface area (Å²) in [5, 5.41) is 0. The van der Waals surface area contributed by atoms with Crippen molar-refractivity contribution in [3.8, 4) is 17.1 Å². The summed E-state index contributed by atoms with van der Waals surface area (Å²) in [6.45, 7) is 7.02. The Morgan fingerprint density at radius 3 is 2.00 bits per heavy atom. The van der Waals surface area contributed by atoms with Crippen LogP contribution in [0.3, 0.4) is 0 Å². The van der Waals surface area contributed by atoms with Gasteiger partial charge in [0, 0.05) is 12.0 Å². The Bertz CT molecular complexity index is 763. The highest BCUT2D eigenvalue weighted by Gasteiger charge is 2.10. The monoisotopic (exact) mass is 484 g/mol. The lowest BCUT2D eigenvalue weighted by atomic mass is 9.98. The molecular formula is C31H49FN2O. The molecule has 0 fully saturated rings. The summed E-state index contributed by atoms with van der Waals surface area (Å²) in [5.41, 5.74) is 2.39. The summed E-state index contributed by atoms with van der Waals surface area (Å²) in [6.07, 6.45) is 20.3. The van der Waals surface area contributed by atoms with Crippen molar-refractivity contribution in [3.05, 3.63) is 42.2 Å². The molecule has 196 valence electrons. The van der Waals surface area contributed by atoms with Gasteiger partial charge in [-0.05, 0) is 37.2 Å². The van der Waals surface area contributed by atoms with Gasteiger partial charge in [-0.2, -0.15) is 0 Å². The summed E-state index contributed by atoms with van der Waals surface area (Å²) in [7, 11) is 0. The Labute approximate surface area is 214 Å². The van der Waals surface area contributed by atoms with E-state index in [4.69, 9.17) is 4.74 Å². The van der Waals surface area contributed by atoms with E-state index in [0.717, 1.165) is 18.4 Å². The zero-order chi connectivity index (χ0) is 25.1. The number of ether oxygens (including phenoxy) is 1. The standard InChI is InChI=1S/C31H49FN2O/c1-4-6-7-8-9-10-11-12-13-15-27-17-19-28(20-18-27)31-33-24-30(25-34-31)35-23-22-29(32)21-16-26(3)14-5-2/h17-20,24-26,29H,4-16,21-23H2,1-3H3. The van der Waals surface area contributed by atoms with Gasteiger partial charge < -0.3 is 4.74 Å². The quantitative estimate of drug-likeness (QED) is 0.175. The molecule has 0 spiro atoms. The topological polar surface area (TPSA) is 35.0 Å². The number of aromatic nitrogens is 2. The first kappa shape index (κ1) is 29.3. The Hall–Kier alpha value is -1.97. The maximum Gasteiger partial charge on any atom is 0.159 e. The second-order valence-electron chi connectivity index (χ2n) is 10.2. The molecule has 35 heavy (non-hydrogen) atoms. The van der Waals surface area contributed by atoms with Crippen LogP contribution in [0.25, 0.3) is 11.4 Å². The van der Waals surface area contributed by atoms with Gasteiger partial charge in [-0.15, -0.1) is 0 Å². The van der Waals surface area contributed by atoms with Gasteiger partial charge in [-0.3, -0.25) is 0 Å². The third-order valence-electron chi connectivity index (χ3n) is 6.86. The first-order valence-electron chi connectivity index (χ1n) is 14.3. The minimum absolute atomic E-state index is 0.361. The van der Waals surface area contributed by atoms with Gasteiger partial charge in [0.15, 0.2) is 11.6 Å². The van der Waals surface area contributed by atoms with E-state index in [2.05, 4.69) is 55.0 Å². The van der Waals surface area contributed by atoms with E-state index in [1.54, 1.807) is 12.4 Å². The van der Waals surface area contributed by atoms with Gasteiger partial charge >= 0.3 is 0 Å². The molecule has 0 radical (unpaired) electrons. The summed E-state index contributed by atoms with van der Waals surface area (Å²) in [5.74, 6) is 1.90. The van der Waals surface area contributed by atoms with E-state index in [-0.39, 0.29) is 0 Å². The number of nitrogens with zero attached hydrogens (tertiary/aromatic N) is 2. The van der Waals surface area contributed by atoms with Crippen LogP contribution >= 0.6 is 0 Å². The Morgan fingerprint density at radius 1 is 0.743 bits per heavy atom. The van der Waals surface area contributed by atoms with Crippen LogP contribution in [0.1, 0.15) is 116 Å². The van der Waals surface area contributed by atoms with Crippen LogP contribution in [0, 0.1) is 5.92 Å². The van der Waals surface area contributed by atoms with Crippen molar-refractivity contribution >= 4 is 0 Å². The zero-order valence-corrected chi connectivity index (χ0v) is 22.6. The number of unbranched alkanes of at least 4 members (excludes halogenated alkanes) is 8. The SMILES string of the molecule is CCCCCCCCCCCc1ccc(-c2ncc(OCCC(F)CCC(C)CCC)cn2)cc1. The minimum Gasteiger partial charge on any atom is -0.490 e. The molecule has 0 bridgehead atoms. The van der Waals surface area contributed by atoms with Crippen molar-refractivity contribution in [2.75, 3.05) is 6.61 Å². The maximum absolute atomic E-state index is 14.1. The highest BCUT2D eigenvalue weighted by Crippen LogP contribution is 2.20. The fourth-order valence-corrected chi connectivity index (χ4v) is 4.55. The zero-order valence-electron chi connectivity index (χ0n) is 22.6. The molecule has 2 unspecified atom stereocenters. The Kier molecular flexibility index (Phi) is 15.3. The highest BCUT2D eigenvalue weighted by molar-refractivity contribution is 5.55. The van der Waals surface area contributed by atoms with Crippen molar-refractivity contribution in [1.29, 1.82) is 0 Å². The van der Waals surface area contributed by atoms with Crippen molar-refractivity contribution < 1.29 is 9.13 Å². The second-order valence-corrected chi connectivity index (χ2v) is 10.2. The average Bonchev–Trinajstić information content (AvgIpc) is 2.87. The molecule has 0 saturated carbocycles. The number of aryl methyl sites for hydroxylation is 1. The number of rotatable bonds is 20. The van der Waals surface area contributed by atoms with Crippen molar-refractivity contribution in [1.82, 2.24) is 9.97 Å². The molecule has 1 aromatic carbocycles. The summed E-state index contributed by atoms with van der Waals surface area (Å²) in [4.78, 5) is 8.90. The van der Waals surface area contributed by atoms with E-state index in [9.17, 15) is 4.39 Å². The second kappa shape index (κ2) is 18.3. The lowest BCUT2D eigenvalue weighted by Crippen LogP contribution is -2.09. The minimum atomic E-state index is -0.802. The van der Waals surface area contributed by atoms with E-state index in [1.165, 1.54) is 76.2 Å². The predicted molar refractivity (Wildman–Crippen MR) is 147 cm³/mol. The van der Waals surface area contributed by atoms with E-state index in [1.807, 2.05) is 0 Å². The van der Waals surface area contributed by atoms with E-state index < -0.39 is 6.17 Å². The number of hydrogen-bond acceptors (Lipinski definition) is 3. The molecule has 0 N–H and O–H groups in total. The largest absolute Gasteiger partial charge is 0.490 e. The van der Waals surface area contributed by atoms with Gasteiger partial charge in [0.25, 0.3) is 0 Å². The molecule has 3 nitrogen and oxygen atoms in total. The van der Waals surface area contributed by atoms with Crippen LogP contribution in [0.15, 0.2) is 36.7 Å². The normalized spacial score (nSPS) is 13.0. The molecule has 0 aliphatic carbocycles. The number of benzene rings is 1. The van der Waals surface area contributed by atoms with Crippen molar-refractivity contribution in [3.63, 3.8) is 0 Å². The fraction of sp³-hybridized carbons (Fsp3) is 0.677. The molecule has 2 aromatic rings. The third kappa shape index (κ3) is 13.1. The molecule has 0 aliphatic rings. The average molecular weight is 485 g/mol. The fourth-order valence-electron chi connectivity index (χ4n) is 4.55. The van der Waals surface area contributed by atoms with Gasteiger partial charge in [0.05, 0.1) is 19.0 Å².